The van der Waals surface area contributed by atoms with Gasteiger partial charge in [-0.25, -0.2) is 0 Å². The summed E-state index contributed by atoms with van der Waals surface area (Å²) in [6, 6.07) is 16.5. The van der Waals surface area contributed by atoms with Crippen LogP contribution in [0.15, 0.2) is 60.7 Å². The van der Waals surface area contributed by atoms with E-state index in [0.717, 1.165) is 26.3 Å². The number of para-hydroxylation sites is 1. The summed E-state index contributed by atoms with van der Waals surface area (Å²) in [5.41, 5.74) is 2.30. The Labute approximate surface area is 253 Å². The third-order valence-corrected chi connectivity index (χ3v) is 6.94. The third-order valence-electron chi connectivity index (χ3n) is 6.94. The predicted octanol–water partition coefficient (Wildman–Crippen LogP) is 2.70. The molecule has 4 rings (SSSR count). The topological polar surface area (TPSA) is 152 Å². The number of ketones is 1. The monoisotopic (exact) mass is 607 g/mol. The molecule has 0 aromatic heterocycles. The molecule has 2 aliphatic heterocycles. The number of carbonyl (C=O) groups excluding carboxylic acids is 6. The summed E-state index contributed by atoms with van der Waals surface area (Å²) in [6.07, 6.45) is -5.73. The molecule has 12 heteroatoms. The fraction of sp³-hybridized carbons (Fsp3) is 0.375. The Balaban J connectivity index is 1.65. The molecule has 0 bridgehead atoms. The third kappa shape index (κ3) is 7.75. The molecular formula is C32H33NO11. The molecule has 1 amide bonds. The van der Waals surface area contributed by atoms with Crippen LogP contribution in [0.4, 0.5) is 5.69 Å². The molecule has 5 atom stereocenters. The minimum atomic E-state index is -1.39. The molecule has 2 aromatic carbocycles. The van der Waals surface area contributed by atoms with Crippen LogP contribution in [0.5, 0.6) is 0 Å². The van der Waals surface area contributed by atoms with E-state index in [1.54, 1.807) is 29.2 Å². The Morgan fingerprint density at radius 3 is 1.93 bits per heavy atom. The number of fused-ring (bicyclic) bond motifs is 1. The summed E-state index contributed by atoms with van der Waals surface area (Å²) in [5, 5.41) is 0. The molecule has 1 saturated heterocycles. The van der Waals surface area contributed by atoms with E-state index in [-0.39, 0.29) is 11.5 Å². The van der Waals surface area contributed by atoms with Gasteiger partial charge in [0.2, 0.25) is 0 Å². The number of allylic oxidation sites excluding steroid dienone is 1. The SMILES string of the molecule is CC(=O)OC[C@H]1O[C@@H](CC(=O)/C=C2\C(=O)N(Cc3ccccc3)c3ccccc32)[C@H](OC(C)=O)[C@@H](OC(C)=O)[C@@H]1OC(C)=O. The van der Waals surface area contributed by atoms with Crippen LogP contribution in [-0.2, 0) is 59.0 Å². The second-order valence-corrected chi connectivity index (χ2v) is 10.4. The number of amides is 1. The molecule has 44 heavy (non-hydrogen) atoms. The summed E-state index contributed by atoms with van der Waals surface area (Å²) < 4.78 is 27.4. The Hall–Kier alpha value is -4.84. The minimum absolute atomic E-state index is 0.173. The number of anilines is 1. The van der Waals surface area contributed by atoms with Gasteiger partial charge in [-0.15, -0.1) is 0 Å². The Morgan fingerprint density at radius 2 is 1.32 bits per heavy atom. The van der Waals surface area contributed by atoms with E-state index in [1.165, 1.54) is 13.0 Å². The number of ether oxygens (including phenoxy) is 5. The first-order chi connectivity index (χ1) is 20.9. The van der Waals surface area contributed by atoms with Crippen molar-refractivity contribution in [1.29, 1.82) is 0 Å². The molecule has 12 nitrogen and oxygen atoms in total. The zero-order valence-electron chi connectivity index (χ0n) is 24.7. The molecule has 232 valence electrons. The van der Waals surface area contributed by atoms with Crippen molar-refractivity contribution in [2.45, 2.75) is 71.2 Å². The highest BCUT2D eigenvalue weighted by Crippen LogP contribution is 2.38. The zero-order valence-corrected chi connectivity index (χ0v) is 24.7. The molecular weight excluding hydrogens is 574 g/mol. The first-order valence-corrected chi connectivity index (χ1v) is 13.9. The van der Waals surface area contributed by atoms with Crippen molar-refractivity contribution in [1.82, 2.24) is 0 Å². The van der Waals surface area contributed by atoms with Gasteiger partial charge < -0.3 is 28.6 Å². The maximum atomic E-state index is 13.6. The van der Waals surface area contributed by atoms with Gasteiger partial charge >= 0.3 is 23.9 Å². The maximum Gasteiger partial charge on any atom is 0.303 e. The van der Waals surface area contributed by atoms with Gasteiger partial charge in [0.15, 0.2) is 24.1 Å². The molecule has 0 spiro atoms. The molecule has 0 unspecified atom stereocenters. The lowest BCUT2D eigenvalue weighted by molar-refractivity contribution is -0.252. The first kappa shape index (κ1) is 32.1. The van der Waals surface area contributed by atoms with Gasteiger partial charge in [0.1, 0.15) is 18.8 Å². The van der Waals surface area contributed by atoms with Crippen LogP contribution in [0.2, 0.25) is 0 Å². The van der Waals surface area contributed by atoms with E-state index in [4.69, 9.17) is 23.7 Å². The van der Waals surface area contributed by atoms with Crippen LogP contribution in [0, 0.1) is 0 Å². The maximum absolute atomic E-state index is 13.6. The second-order valence-electron chi connectivity index (χ2n) is 10.4. The van der Waals surface area contributed by atoms with Crippen LogP contribution in [0.25, 0.3) is 5.57 Å². The highest BCUT2D eigenvalue weighted by molar-refractivity contribution is 6.34. The quantitative estimate of drug-likeness (QED) is 0.223. The van der Waals surface area contributed by atoms with Crippen molar-refractivity contribution >= 4 is 46.8 Å². The van der Waals surface area contributed by atoms with E-state index in [1.807, 2.05) is 30.3 Å². The van der Waals surface area contributed by atoms with Crippen molar-refractivity contribution in [3.8, 4) is 0 Å². The van der Waals surface area contributed by atoms with Gasteiger partial charge in [-0.3, -0.25) is 28.8 Å². The summed E-state index contributed by atoms with van der Waals surface area (Å²) in [4.78, 5) is 76.4. The van der Waals surface area contributed by atoms with E-state index in [9.17, 15) is 28.8 Å². The highest BCUT2D eigenvalue weighted by atomic mass is 16.7. The van der Waals surface area contributed by atoms with E-state index in [0.29, 0.717) is 17.8 Å². The van der Waals surface area contributed by atoms with Gasteiger partial charge in [-0.1, -0.05) is 48.5 Å². The summed E-state index contributed by atoms with van der Waals surface area (Å²) >= 11 is 0. The lowest BCUT2D eigenvalue weighted by atomic mass is 9.91. The Kier molecular flexibility index (Phi) is 10.3. The number of esters is 4. The van der Waals surface area contributed by atoms with Crippen LogP contribution in [0.3, 0.4) is 0 Å². The number of nitrogens with zero attached hydrogens (tertiary/aromatic N) is 1. The molecule has 1 fully saturated rings. The van der Waals surface area contributed by atoms with E-state index < -0.39 is 73.2 Å². The Bertz CT molecular complexity index is 1470. The number of hydrogen-bond acceptors (Lipinski definition) is 11. The van der Waals surface area contributed by atoms with Crippen LogP contribution in [-0.4, -0.2) is 72.7 Å². The van der Waals surface area contributed by atoms with E-state index >= 15 is 0 Å². The van der Waals surface area contributed by atoms with Crippen LogP contribution in [0.1, 0.15) is 45.2 Å². The standard InChI is InChI=1S/C32H33NO11/c1-18(34)40-17-28-30(42-20(3)36)31(43-21(4)37)29(41-19(2)35)27(44-28)15-23(38)14-25-24-12-8-9-13-26(24)33(32(25)39)16-22-10-6-5-7-11-22/h5-14,27-31H,15-17H2,1-4H3/b25-14-/t27-,28+,29-,30+,31+/m0/s1. The second kappa shape index (κ2) is 14.1. The smallest absolute Gasteiger partial charge is 0.303 e. The summed E-state index contributed by atoms with van der Waals surface area (Å²) in [6.45, 7) is 4.40. The normalized spacial score (nSPS) is 23.5. The van der Waals surface area contributed by atoms with Gasteiger partial charge in [0, 0.05) is 39.7 Å². The first-order valence-electron chi connectivity index (χ1n) is 13.9. The summed E-state index contributed by atoms with van der Waals surface area (Å²) in [7, 11) is 0. The summed E-state index contributed by atoms with van der Waals surface area (Å²) in [5.74, 6) is -3.89. The lowest BCUT2D eigenvalue weighted by Gasteiger charge is -2.44. The number of carbonyl (C=O) groups is 6. The van der Waals surface area contributed by atoms with Crippen molar-refractivity contribution < 1.29 is 52.5 Å². The van der Waals surface area contributed by atoms with E-state index in [2.05, 4.69) is 0 Å². The van der Waals surface area contributed by atoms with Crippen molar-refractivity contribution in [2.24, 2.45) is 0 Å². The fourth-order valence-corrected chi connectivity index (χ4v) is 5.27. The number of benzene rings is 2. The average molecular weight is 608 g/mol. The van der Waals surface area contributed by atoms with Crippen LogP contribution >= 0.6 is 0 Å². The fourth-order valence-electron chi connectivity index (χ4n) is 5.27. The van der Waals surface area contributed by atoms with Crippen molar-refractivity contribution in [2.75, 3.05) is 11.5 Å². The average Bonchev–Trinajstić information content (AvgIpc) is 3.21. The highest BCUT2D eigenvalue weighted by Gasteiger charge is 2.52. The predicted molar refractivity (Wildman–Crippen MR) is 154 cm³/mol. The van der Waals surface area contributed by atoms with Crippen molar-refractivity contribution in [3.05, 3.63) is 71.8 Å². The number of rotatable bonds is 10. The molecule has 2 aromatic rings. The Morgan fingerprint density at radius 1 is 0.750 bits per heavy atom. The minimum Gasteiger partial charge on any atom is -0.463 e. The molecule has 0 saturated carbocycles. The van der Waals surface area contributed by atoms with Crippen LogP contribution < -0.4 is 4.90 Å². The number of hydrogen-bond donors (Lipinski definition) is 0. The molecule has 0 radical (unpaired) electrons. The molecule has 0 N–H and O–H groups in total. The van der Waals surface area contributed by atoms with Gasteiger partial charge in [0.25, 0.3) is 5.91 Å². The molecule has 2 aliphatic rings. The van der Waals surface area contributed by atoms with Gasteiger partial charge in [-0.05, 0) is 17.7 Å². The molecule has 2 heterocycles. The van der Waals surface area contributed by atoms with Gasteiger partial charge in [0.05, 0.1) is 17.8 Å². The van der Waals surface area contributed by atoms with Gasteiger partial charge in [-0.2, -0.15) is 0 Å². The molecule has 0 aliphatic carbocycles. The van der Waals surface area contributed by atoms with Crippen molar-refractivity contribution in [3.63, 3.8) is 0 Å². The lowest BCUT2D eigenvalue weighted by Crippen LogP contribution is -2.62. The zero-order chi connectivity index (χ0) is 32.0. The largest absolute Gasteiger partial charge is 0.463 e.